The summed E-state index contributed by atoms with van der Waals surface area (Å²) in [4.78, 5) is 47.7. The Kier molecular flexibility index (Phi) is 17.3. The molecule has 6 rings (SSSR count). The number of rotatable bonds is 17. The Morgan fingerprint density at radius 2 is 1.38 bits per heavy atom. The summed E-state index contributed by atoms with van der Waals surface area (Å²) in [5.41, 5.74) is 6.68. The van der Waals surface area contributed by atoms with Gasteiger partial charge in [-0.3, -0.25) is 14.4 Å². The maximum atomic E-state index is 14.0. The zero-order chi connectivity index (χ0) is 50.0. The molecule has 68 heavy (non-hydrogen) atoms. The lowest BCUT2D eigenvalue weighted by Crippen LogP contribution is -2.41. The standard InChI is InChI=1S/C40H39F5N4O5.C7HF5O2/c1-5-18-49-27(22-47(3)48(4)40(52)53-23-32-30-12-8-6-10-28(30)29-11-7-9-13-31(29)32)20-25-19-26(14-15-33(25)49)46-35(50)16-17-36(51)54-34(21-41)38(44)39(45)37(43)24(2)42;8-2-3(9)5(11)7(14-1-13)6(12)4(2)10/h6-15,19-20,32H,2,5,16-18,21-23H2,1,3-4H3,(H,46,50);1H/b38-34-,39-37-;. The Bertz CT molecular complexity index is 2740. The molecule has 1 heterocycles. The summed E-state index contributed by atoms with van der Waals surface area (Å²) in [7, 11) is 3.42. The van der Waals surface area contributed by atoms with Crippen LogP contribution in [0.3, 0.4) is 0 Å². The van der Waals surface area contributed by atoms with Gasteiger partial charge in [0.05, 0.1) is 13.0 Å². The zero-order valence-corrected chi connectivity index (χ0v) is 36.2. The number of carbonyl (C=O) groups is 4. The Morgan fingerprint density at radius 1 is 0.794 bits per heavy atom. The molecule has 360 valence electrons. The molecule has 5 aromatic rings. The van der Waals surface area contributed by atoms with Crippen molar-refractivity contribution in [2.24, 2.45) is 0 Å². The molecule has 21 heteroatoms. The summed E-state index contributed by atoms with van der Waals surface area (Å²) in [5, 5.41) is 6.60. The smallest absolute Gasteiger partial charge is 0.424 e. The van der Waals surface area contributed by atoms with Gasteiger partial charge in [0.1, 0.15) is 6.61 Å². The van der Waals surface area contributed by atoms with E-state index in [1.165, 1.54) is 5.01 Å². The number of hydrogen-bond acceptors (Lipinski definition) is 8. The first-order valence-corrected chi connectivity index (χ1v) is 20.2. The minimum Gasteiger partial charge on any atom is -0.447 e. The molecule has 1 aliphatic carbocycles. The van der Waals surface area contributed by atoms with Crippen molar-refractivity contribution in [2.75, 3.05) is 32.7 Å². The van der Waals surface area contributed by atoms with Crippen LogP contribution >= 0.6 is 0 Å². The van der Waals surface area contributed by atoms with Gasteiger partial charge in [-0.15, -0.1) is 0 Å². The summed E-state index contributed by atoms with van der Waals surface area (Å²) >= 11 is 0. The molecule has 0 aliphatic heterocycles. The third-order valence-electron chi connectivity index (χ3n) is 10.3. The molecule has 4 aromatic carbocycles. The second-order valence-electron chi connectivity index (χ2n) is 14.7. The number of hydrazine groups is 1. The fourth-order valence-corrected chi connectivity index (χ4v) is 7.02. The lowest BCUT2D eigenvalue weighted by molar-refractivity contribution is -0.141. The number of aromatic nitrogens is 1. The molecule has 0 fully saturated rings. The van der Waals surface area contributed by atoms with Crippen molar-refractivity contribution in [3.63, 3.8) is 0 Å². The summed E-state index contributed by atoms with van der Waals surface area (Å²) in [6.45, 7) is 3.43. The molecule has 0 spiro atoms. The Hall–Kier alpha value is -7.42. The number of halogens is 10. The van der Waals surface area contributed by atoms with Gasteiger partial charge in [0.15, 0.2) is 24.1 Å². The molecule has 0 saturated heterocycles. The van der Waals surface area contributed by atoms with Crippen LogP contribution in [0, 0.1) is 29.1 Å². The second kappa shape index (κ2) is 22.9. The number of allylic oxidation sites excluding steroid dienone is 5. The molecule has 0 unspecified atom stereocenters. The molecule has 0 radical (unpaired) electrons. The van der Waals surface area contributed by atoms with Gasteiger partial charge < -0.3 is 24.1 Å². The van der Waals surface area contributed by atoms with Crippen LogP contribution in [-0.4, -0.2) is 66.4 Å². The normalized spacial score (nSPS) is 12.6. The van der Waals surface area contributed by atoms with Crippen molar-refractivity contribution in [3.8, 4) is 16.9 Å². The molecular formula is C47H40F10N4O7. The number of hydrogen-bond donors (Lipinski definition) is 1. The first kappa shape index (κ1) is 51.6. The van der Waals surface area contributed by atoms with Gasteiger partial charge in [0, 0.05) is 55.3 Å². The first-order chi connectivity index (χ1) is 32.3. The van der Waals surface area contributed by atoms with E-state index in [1.54, 1.807) is 31.2 Å². The molecule has 0 bridgehead atoms. The monoisotopic (exact) mass is 962 g/mol. The highest BCUT2D eigenvalue weighted by Gasteiger charge is 2.31. The molecule has 2 amide bonds. The lowest BCUT2D eigenvalue weighted by Gasteiger charge is -2.28. The van der Waals surface area contributed by atoms with E-state index in [0.29, 0.717) is 18.8 Å². The predicted octanol–water partition coefficient (Wildman–Crippen LogP) is 11.2. The average molecular weight is 963 g/mol. The van der Waals surface area contributed by atoms with Gasteiger partial charge in [-0.25, -0.2) is 45.5 Å². The molecule has 1 N–H and O–H groups in total. The van der Waals surface area contributed by atoms with Crippen LogP contribution in [0.15, 0.2) is 108 Å². The number of ether oxygens (including phenoxy) is 3. The predicted molar refractivity (Wildman–Crippen MR) is 227 cm³/mol. The molecule has 0 saturated carbocycles. The molecule has 1 aromatic heterocycles. The van der Waals surface area contributed by atoms with Crippen LogP contribution in [-0.2, 0) is 36.9 Å². The van der Waals surface area contributed by atoms with Gasteiger partial charge in [-0.2, -0.15) is 13.2 Å². The number of benzene rings is 4. The van der Waals surface area contributed by atoms with Crippen molar-refractivity contribution in [2.45, 2.75) is 45.2 Å². The summed E-state index contributed by atoms with van der Waals surface area (Å²) in [5.74, 6) is -25.1. The number of aryl methyl sites for hydroxylation is 1. The number of amides is 2. The van der Waals surface area contributed by atoms with Gasteiger partial charge in [0.2, 0.25) is 52.4 Å². The highest BCUT2D eigenvalue weighted by molar-refractivity contribution is 5.95. The minimum absolute atomic E-state index is 0.0760. The zero-order valence-electron chi connectivity index (χ0n) is 36.2. The molecule has 1 aliphatic rings. The van der Waals surface area contributed by atoms with E-state index in [4.69, 9.17) is 4.74 Å². The van der Waals surface area contributed by atoms with Gasteiger partial charge >= 0.3 is 12.1 Å². The Balaban J connectivity index is 0.000000528. The summed E-state index contributed by atoms with van der Waals surface area (Å²) in [6.07, 6.45) is -0.811. The van der Waals surface area contributed by atoms with E-state index in [9.17, 15) is 63.1 Å². The third-order valence-corrected chi connectivity index (χ3v) is 10.3. The van der Waals surface area contributed by atoms with E-state index < -0.39 is 108 Å². The minimum atomic E-state index is -2.42. The van der Waals surface area contributed by atoms with Crippen molar-refractivity contribution in [1.29, 1.82) is 0 Å². The topological polar surface area (TPSA) is 119 Å². The van der Waals surface area contributed by atoms with Crippen molar-refractivity contribution in [3.05, 3.63) is 154 Å². The van der Waals surface area contributed by atoms with E-state index in [2.05, 4.69) is 50.2 Å². The Labute approximate surface area is 381 Å². The average Bonchev–Trinajstić information content (AvgIpc) is 3.84. The number of nitrogens with zero attached hydrogens (tertiary/aromatic N) is 3. The number of esters is 1. The van der Waals surface area contributed by atoms with Crippen LogP contribution in [0.25, 0.3) is 22.0 Å². The number of alkyl halides is 1. The lowest BCUT2D eigenvalue weighted by atomic mass is 9.98. The fourth-order valence-electron chi connectivity index (χ4n) is 7.02. The molecule has 0 atom stereocenters. The highest BCUT2D eigenvalue weighted by Crippen LogP contribution is 2.44. The third kappa shape index (κ3) is 11.6. The second-order valence-corrected chi connectivity index (χ2v) is 14.7. The van der Waals surface area contributed by atoms with Crippen molar-refractivity contribution >= 4 is 41.0 Å². The fraction of sp³-hybridized carbons (Fsp3) is 0.234. The van der Waals surface area contributed by atoms with E-state index in [-0.39, 0.29) is 12.5 Å². The molecule has 11 nitrogen and oxygen atoms in total. The van der Waals surface area contributed by atoms with Crippen LogP contribution in [0.5, 0.6) is 5.75 Å². The van der Waals surface area contributed by atoms with Crippen LogP contribution in [0.1, 0.15) is 48.9 Å². The maximum Gasteiger partial charge on any atom is 0.424 e. The summed E-state index contributed by atoms with van der Waals surface area (Å²) in [6, 6.07) is 23.4. The van der Waals surface area contributed by atoms with Crippen LogP contribution in [0.2, 0.25) is 0 Å². The number of nitrogens with one attached hydrogen (secondary N) is 1. The van der Waals surface area contributed by atoms with Gasteiger partial charge in [0.25, 0.3) is 6.47 Å². The maximum absolute atomic E-state index is 14.0. The SMILES string of the molecule is C=C(F)/C(F)=C(F)\C(F)=C(/CF)OC(=O)CCC(=O)Nc1ccc2c(c1)cc(CN(C)N(C)C(=O)OCC1c3ccccc3-c3ccccc31)n2CCC.O=COc1c(F)c(F)c(F)c(F)c1F. The quantitative estimate of drug-likeness (QED) is 0.0143. The van der Waals surface area contributed by atoms with E-state index in [0.717, 1.165) is 45.3 Å². The van der Waals surface area contributed by atoms with Gasteiger partial charge in [-0.1, -0.05) is 62.0 Å². The molecular weight excluding hydrogens is 923 g/mol. The number of carbonyl (C=O) groups excluding carboxylic acids is 4. The van der Waals surface area contributed by atoms with Crippen molar-refractivity contribution in [1.82, 2.24) is 14.6 Å². The van der Waals surface area contributed by atoms with Crippen LogP contribution in [0.4, 0.5) is 54.4 Å². The summed E-state index contributed by atoms with van der Waals surface area (Å²) < 4.78 is 145. The Morgan fingerprint density at radius 3 is 1.94 bits per heavy atom. The van der Waals surface area contributed by atoms with E-state index >= 15 is 0 Å². The number of fused-ring (bicyclic) bond motifs is 4. The van der Waals surface area contributed by atoms with Crippen molar-refractivity contribution < 1.29 is 77.3 Å². The van der Waals surface area contributed by atoms with Gasteiger partial charge in [-0.05, 0) is 52.9 Å². The van der Waals surface area contributed by atoms with Crippen LogP contribution < -0.4 is 10.1 Å². The largest absolute Gasteiger partial charge is 0.447 e. The number of anilines is 1. The first-order valence-electron chi connectivity index (χ1n) is 20.2. The highest BCUT2D eigenvalue weighted by atomic mass is 19.2. The van der Waals surface area contributed by atoms with E-state index in [1.807, 2.05) is 43.3 Å².